The Hall–Kier alpha value is -2.01. The van der Waals surface area contributed by atoms with Crippen LogP contribution in [0.5, 0.6) is 11.5 Å². The van der Waals surface area contributed by atoms with E-state index in [0.717, 1.165) is 5.56 Å². The van der Waals surface area contributed by atoms with Crippen LogP contribution in [0.1, 0.15) is 11.1 Å². The van der Waals surface area contributed by atoms with Gasteiger partial charge in [0, 0.05) is 5.56 Å². The van der Waals surface area contributed by atoms with Crippen LogP contribution < -0.4 is 0 Å². The van der Waals surface area contributed by atoms with Crippen LogP contribution in [0.2, 0.25) is 0 Å². The zero-order valence-corrected chi connectivity index (χ0v) is 11.4. The zero-order chi connectivity index (χ0) is 14.2. The summed E-state index contributed by atoms with van der Waals surface area (Å²) in [4.78, 5) is 0.151. The van der Waals surface area contributed by atoms with Crippen LogP contribution >= 0.6 is 0 Å². The maximum Gasteiger partial charge on any atom is 0.206 e. The quantitative estimate of drug-likeness (QED) is 0.828. The fourth-order valence-corrected chi connectivity index (χ4v) is 3.30. The molecule has 19 heavy (non-hydrogen) atoms. The summed E-state index contributed by atoms with van der Waals surface area (Å²) in [5.74, 6) is -0.742. The molecule has 0 saturated carbocycles. The van der Waals surface area contributed by atoms with Crippen LogP contribution in [0.4, 0.5) is 0 Å². The Morgan fingerprint density at radius 1 is 0.895 bits per heavy atom. The molecule has 2 aromatic rings. The molecular formula is C14H14O4S. The van der Waals surface area contributed by atoms with Gasteiger partial charge in [-0.05, 0) is 38.1 Å². The summed E-state index contributed by atoms with van der Waals surface area (Å²) in [6, 6.07) is 8.93. The molecule has 0 spiro atoms. The van der Waals surface area contributed by atoms with Gasteiger partial charge in [0.25, 0.3) is 0 Å². The van der Waals surface area contributed by atoms with E-state index < -0.39 is 15.6 Å². The van der Waals surface area contributed by atoms with Crippen molar-refractivity contribution >= 4 is 9.84 Å². The van der Waals surface area contributed by atoms with Crippen molar-refractivity contribution in [1.82, 2.24) is 0 Å². The molecule has 0 aliphatic rings. The van der Waals surface area contributed by atoms with E-state index in [9.17, 15) is 18.6 Å². The first-order valence-corrected chi connectivity index (χ1v) is 7.15. The van der Waals surface area contributed by atoms with Crippen molar-refractivity contribution in [3.8, 4) is 11.5 Å². The minimum Gasteiger partial charge on any atom is -0.504 e. The van der Waals surface area contributed by atoms with Crippen LogP contribution in [-0.4, -0.2) is 18.6 Å². The topological polar surface area (TPSA) is 74.6 Å². The predicted molar refractivity (Wildman–Crippen MR) is 71.1 cm³/mol. The highest BCUT2D eigenvalue weighted by Gasteiger charge is 2.22. The number of sulfone groups is 1. The molecule has 0 bridgehead atoms. The molecule has 2 rings (SSSR count). The van der Waals surface area contributed by atoms with Gasteiger partial charge in [-0.25, -0.2) is 8.42 Å². The monoisotopic (exact) mass is 278 g/mol. The van der Waals surface area contributed by atoms with Crippen molar-refractivity contribution in [2.75, 3.05) is 0 Å². The SMILES string of the molecule is Cc1ccc(S(=O)(=O)c2ccc(O)c(O)c2C)cc1. The summed E-state index contributed by atoms with van der Waals surface area (Å²) in [6.07, 6.45) is 0. The molecule has 0 amide bonds. The largest absolute Gasteiger partial charge is 0.504 e. The van der Waals surface area contributed by atoms with Gasteiger partial charge in [0.2, 0.25) is 9.84 Å². The molecule has 5 heteroatoms. The van der Waals surface area contributed by atoms with Gasteiger partial charge in [-0.1, -0.05) is 17.7 Å². The number of phenols is 2. The van der Waals surface area contributed by atoms with Crippen LogP contribution in [0.15, 0.2) is 46.2 Å². The van der Waals surface area contributed by atoms with Gasteiger partial charge >= 0.3 is 0 Å². The van der Waals surface area contributed by atoms with E-state index in [-0.39, 0.29) is 21.1 Å². The van der Waals surface area contributed by atoms with E-state index in [0.29, 0.717) is 0 Å². The zero-order valence-electron chi connectivity index (χ0n) is 10.6. The molecule has 4 nitrogen and oxygen atoms in total. The van der Waals surface area contributed by atoms with Gasteiger partial charge < -0.3 is 10.2 Å². The summed E-state index contributed by atoms with van der Waals surface area (Å²) in [5, 5.41) is 19.0. The molecule has 2 N–H and O–H groups in total. The lowest BCUT2D eigenvalue weighted by atomic mass is 10.2. The fraction of sp³-hybridized carbons (Fsp3) is 0.143. The van der Waals surface area contributed by atoms with Crippen molar-refractivity contribution in [3.05, 3.63) is 47.5 Å². The molecule has 0 aromatic heterocycles. The maximum absolute atomic E-state index is 12.4. The molecule has 0 fully saturated rings. The third kappa shape index (κ3) is 2.29. The van der Waals surface area contributed by atoms with Crippen LogP contribution in [0.25, 0.3) is 0 Å². The van der Waals surface area contributed by atoms with Crippen LogP contribution in [0.3, 0.4) is 0 Å². The minimum atomic E-state index is -3.70. The van der Waals surface area contributed by atoms with Gasteiger partial charge in [0.05, 0.1) is 9.79 Å². The van der Waals surface area contributed by atoms with Gasteiger partial charge in [-0.15, -0.1) is 0 Å². The van der Waals surface area contributed by atoms with E-state index in [1.54, 1.807) is 12.1 Å². The van der Waals surface area contributed by atoms with E-state index in [2.05, 4.69) is 0 Å². The Kier molecular flexibility index (Phi) is 3.24. The Bertz CT molecular complexity index is 716. The first-order valence-electron chi connectivity index (χ1n) is 5.67. The second-order valence-electron chi connectivity index (χ2n) is 4.37. The number of benzene rings is 2. The average molecular weight is 278 g/mol. The average Bonchev–Trinajstić information content (AvgIpc) is 2.36. The Morgan fingerprint density at radius 3 is 2.05 bits per heavy atom. The van der Waals surface area contributed by atoms with E-state index >= 15 is 0 Å². The fourth-order valence-electron chi connectivity index (χ4n) is 1.80. The third-order valence-electron chi connectivity index (χ3n) is 2.98. The van der Waals surface area contributed by atoms with E-state index in [1.165, 1.54) is 31.2 Å². The maximum atomic E-state index is 12.4. The standard InChI is InChI=1S/C14H14O4S/c1-9-3-5-11(6-4-9)19(17,18)13-8-7-12(15)14(16)10(13)2/h3-8,15-16H,1-2H3. The summed E-state index contributed by atoms with van der Waals surface area (Å²) < 4.78 is 24.9. The minimum absolute atomic E-state index is 0.00773. The number of aryl methyl sites for hydroxylation is 1. The van der Waals surface area contributed by atoms with Gasteiger partial charge in [0.15, 0.2) is 11.5 Å². The number of aromatic hydroxyl groups is 2. The Labute approximate surface area is 111 Å². The second-order valence-corrected chi connectivity index (χ2v) is 6.29. The number of rotatable bonds is 2. The highest BCUT2D eigenvalue weighted by molar-refractivity contribution is 7.91. The number of hydrogen-bond acceptors (Lipinski definition) is 4. The lowest BCUT2D eigenvalue weighted by Gasteiger charge is -2.10. The van der Waals surface area contributed by atoms with E-state index in [4.69, 9.17) is 0 Å². The van der Waals surface area contributed by atoms with Crippen molar-refractivity contribution in [2.45, 2.75) is 23.6 Å². The molecule has 0 unspecified atom stereocenters. The van der Waals surface area contributed by atoms with Crippen molar-refractivity contribution < 1.29 is 18.6 Å². The molecule has 2 aromatic carbocycles. The first-order chi connectivity index (χ1) is 8.84. The molecular weight excluding hydrogens is 264 g/mol. The van der Waals surface area contributed by atoms with E-state index in [1.807, 2.05) is 6.92 Å². The summed E-state index contributed by atoms with van der Waals surface area (Å²) in [6.45, 7) is 3.32. The molecule has 100 valence electrons. The molecule has 0 heterocycles. The lowest BCUT2D eigenvalue weighted by molar-refractivity contribution is 0.399. The van der Waals surface area contributed by atoms with Gasteiger partial charge in [-0.2, -0.15) is 0 Å². The Balaban J connectivity index is 2.64. The summed E-state index contributed by atoms with van der Waals surface area (Å²) >= 11 is 0. The summed E-state index contributed by atoms with van der Waals surface area (Å²) in [7, 11) is -3.70. The van der Waals surface area contributed by atoms with Crippen molar-refractivity contribution in [3.63, 3.8) is 0 Å². The molecule has 0 aliphatic carbocycles. The van der Waals surface area contributed by atoms with Crippen molar-refractivity contribution in [1.29, 1.82) is 0 Å². The van der Waals surface area contributed by atoms with Gasteiger partial charge in [-0.3, -0.25) is 0 Å². The number of hydrogen-bond donors (Lipinski definition) is 2. The highest BCUT2D eigenvalue weighted by atomic mass is 32.2. The normalized spacial score (nSPS) is 11.5. The number of phenolic OH excluding ortho intramolecular Hbond substituents is 2. The molecule has 0 aliphatic heterocycles. The molecule has 0 radical (unpaired) electrons. The Morgan fingerprint density at radius 2 is 1.47 bits per heavy atom. The molecule has 0 atom stereocenters. The second kappa shape index (κ2) is 4.59. The molecule has 0 saturated heterocycles. The van der Waals surface area contributed by atoms with Crippen LogP contribution in [-0.2, 0) is 9.84 Å². The highest BCUT2D eigenvalue weighted by Crippen LogP contribution is 2.35. The smallest absolute Gasteiger partial charge is 0.206 e. The third-order valence-corrected chi connectivity index (χ3v) is 4.89. The van der Waals surface area contributed by atoms with Gasteiger partial charge in [0.1, 0.15) is 0 Å². The van der Waals surface area contributed by atoms with Crippen LogP contribution in [0, 0.1) is 13.8 Å². The first kappa shape index (κ1) is 13.4. The van der Waals surface area contributed by atoms with Crippen molar-refractivity contribution in [2.24, 2.45) is 0 Å². The summed E-state index contributed by atoms with van der Waals surface area (Å²) in [5.41, 5.74) is 1.10. The lowest BCUT2D eigenvalue weighted by Crippen LogP contribution is -2.04. The predicted octanol–water partition coefficient (Wildman–Crippen LogP) is 2.55.